The first-order valence-electron chi connectivity index (χ1n) is 4.50. The third-order valence-electron chi connectivity index (χ3n) is 1.58. The zero-order chi connectivity index (χ0) is 11.8. The van der Waals surface area contributed by atoms with Gasteiger partial charge in [0.2, 0.25) is 0 Å². The van der Waals surface area contributed by atoms with Crippen molar-refractivity contribution in [2.24, 2.45) is 0 Å². The average Bonchev–Trinajstić information content (AvgIpc) is 2.34. The molecule has 0 saturated carbocycles. The third-order valence-corrected chi connectivity index (χ3v) is 1.58. The van der Waals surface area contributed by atoms with Crippen LogP contribution < -0.4 is 0 Å². The number of benzene rings is 1. The highest BCUT2D eigenvalue weighted by Crippen LogP contribution is 2.01. The Morgan fingerprint density at radius 2 is 1.69 bits per heavy atom. The van der Waals surface area contributed by atoms with E-state index >= 15 is 0 Å². The molecular weight excluding hydrogens is 208 g/mol. The molecule has 0 amide bonds. The fraction of sp³-hybridized carbons (Fsp3) is 0. The van der Waals surface area contributed by atoms with Crippen molar-refractivity contribution in [2.75, 3.05) is 0 Å². The van der Waals surface area contributed by atoms with Gasteiger partial charge in [-0.3, -0.25) is 0 Å². The minimum absolute atomic E-state index is 0.765. The van der Waals surface area contributed by atoms with Crippen molar-refractivity contribution in [2.45, 2.75) is 0 Å². The van der Waals surface area contributed by atoms with Crippen LogP contribution in [0.3, 0.4) is 0 Å². The highest BCUT2D eigenvalue weighted by molar-refractivity contribution is 5.88. The Bertz CT molecular complexity index is 406. The molecule has 0 fully saturated rings. The maximum Gasteiger partial charge on any atom is 0.379 e. The first-order valence-corrected chi connectivity index (χ1v) is 4.50. The van der Waals surface area contributed by atoms with Gasteiger partial charge in [0.05, 0.1) is 0 Å². The molecule has 0 aromatic heterocycles. The standard InChI is InChI=1S/C12H10O4/c1-2-11(13)15-16-12(14)9-8-10-6-4-3-5-7-10/h2-9H,1H2/b9-8+. The second-order valence-corrected chi connectivity index (χ2v) is 2.75. The Kier molecular flexibility index (Phi) is 4.53. The van der Waals surface area contributed by atoms with Gasteiger partial charge in [-0.15, -0.1) is 0 Å². The van der Waals surface area contributed by atoms with Gasteiger partial charge >= 0.3 is 11.9 Å². The first-order chi connectivity index (χ1) is 7.72. The number of rotatable bonds is 3. The SMILES string of the molecule is C=CC(=O)OOC(=O)/C=C/c1ccccc1. The van der Waals surface area contributed by atoms with Gasteiger partial charge in [0.15, 0.2) is 0 Å². The Hall–Kier alpha value is -2.36. The molecule has 1 aromatic rings. The summed E-state index contributed by atoms with van der Waals surface area (Å²) in [6, 6.07) is 9.17. The van der Waals surface area contributed by atoms with Crippen LogP contribution >= 0.6 is 0 Å². The highest BCUT2D eigenvalue weighted by atomic mass is 17.2. The van der Waals surface area contributed by atoms with Crippen molar-refractivity contribution in [3.8, 4) is 0 Å². The van der Waals surface area contributed by atoms with Gasteiger partial charge in [-0.25, -0.2) is 19.4 Å². The smallest absolute Gasteiger partial charge is 0.242 e. The Balaban J connectivity index is 2.43. The summed E-state index contributed by atoms with van der Waals surface area (Å²) in [7, 11) is 0. The molecule has 0 aliphatic rings. The molecule has 0 aliphatic heterocycles. The number of carbonyl (C=O) groups excluding carboxylic acids is 2. The van der Waals surface area contributed by atoms with Crippen molar-refractivity contribution in [3.05, 3.63) is 54.6 Å². The Morgan fingerprint density at radius 1 is 1.06 bits per heavy atom. The lowest BCUT2D eigenvalue weighted by atomic mass is 10.2. The maximum absolute atomic E-state index is 11.0. The zero-order valence-electron chi connectivity index (χ0n) is 8.46. The molecule has 4 heteroatoms. The maximum atomic E-state index is 11.0. The summed E-state index contributed by atoms with van der Waals surface area (Å²) in [5.74, 6) is -1.58. The van der Waals surface area contributed by atoms with Crippen molar-refractivity contribution < 1.29 is 19.4 Å². The van der Waals surface area contributed by atoms with E-state index in [1.54, 1.807) is 6.08 Å². The van der Waals surface area contributed by atoms with Crippen LogP contribution in [0, 0.1) is 0 Å². The topological polar surface area (TPSA) is 52.6 Å². The van der Waals surface area contributed by atoms with E-state index in [0.29, 0.717) is 0 Å². The normalized spacial score (nSPS) is 9.75. The minimum atomic E-state index is -0.818. The lowest BCUT2D eigenvalue weighted by Crippen LogP contribution is -2.06. The van der Waals surface area contributed by atoms with E-state index in [0.717, 1.165) is 17.7 Å². The van der Waals surface area contributed by atoms with Crippen molar-refractivity contribution in [1.29, 1.82) is 0 Å². The fourth-order valence-electron chi connectivity index (χ4n) is 0.872. The predicted molar refractivity (Wildman–Crippen MR) is 57.9 cm³/mol. The molecule has 82 valence electrons. The van der Waals surface area contributed by atoms with Crippen LogP contribution in [0.25, 0.3) is 6.08 Å². The van der Waals surface area contributed by atoms with Crippen molar-refractivity contribution >= 4 is 18.0 Å². The second-order valence-electron chi connectivity index (χ2n) is 2.75. The van der Waals surface area contributed by atoms with E-state index in [9.17, 15) is 9.59 Å². The summed E-state index contributed by atoms with van der Waals surface area (Å²) >= 11 is 0. The van der Waals surface area contributed by atoms with E-state index in [2.05, 4.69) is 16.4 Å². The van der Waals surface area contributed by atoms with Crippen molar-refractivity contribution in [3.63, 3.8) is 0 Å². The highest BCUT2D eigenvalue weighted by Gasteiger charge is 2.02. The molecule has 1 aromatic carbocycles. The fourth-order valence-corrected chi connectivity index (χ4v) is 0.872. The molecule has 4 nitrogen and oxygen atoms in total. The predicted octanol–water partition coefficient (Wildman–Crippen LogP) is 1.89. The van der Waals surface area contributed by atoms with Crippen LogP contribution in [-0.4, -0.2) is 11.9 Å². The molecule has 0 unspecified atom stereocenters. The largest absolute Gasteiger partial charge is 0.379 e. The Labute approximate surface area is 92.7 Å². The van der Waals surface area contributed by atoms with E-state index < -0.39 is 11.9 Å². The number of hydrogen-bond acceptors (Lipinski definition) is 4. The van der Waals surface area contributed by atoms with Crippen LogP contribution in [0.4, 0.5) is 0 Å². The summed E-state index contributed by atoms with van der Waals surface area (Å²) in [5, 5.41) is 0. The van der Waals surface area contributed by atoms with Crippen LogP contribution in [0.15, 0.2) is 49.1 Å². The van der Waals surface area contributed by atoms with Gasteiger partial charge in [0.1, 0.15) is 0 Å². The molecule has 0 N–H and O–H groups in total. The van der Waals surface area contributed by atoms with Crippen LogP contribution in [0.5, 0.6) is 0 Å². The average molecular weight is 218 g/mol. The molecule has 1 rings (SSSR count). The quantitative estimate of drug-likeness (QED) is 0.441. The van der Waals surface area contributed by atoms with E-state index in [4.69, 9.17) is 0 Å². The van der Waals surface area contributed by atoms with Crippen LogP contribution in [0.2, 0.25) is 0 Å². The summed E-state index contributed by atoms with van der Waals surface area (Å²) < 4.78 is 0. The second kappa shape index (κ2) is 6.19. The van der Waals surface area contributed by atoms with E-state index in [-0.39, 0.29) is 0 Å². The lowest BCUT2D eigenvalue weighted by Gasteiger charge is -1.96. The minimum Gasteiger partial charge on any atom is -0.242 e. The van der Waals surface area contributed by atoms with E-state index in [1.165, 1.54) is 0 Å². The molecule has 0 aliphatic carbocycles. The molecule has 0 heterocycles. The summed E-state index contributed by atoms with van der Waals surface area (Å²) in [5.41, 5.74) is 0.842. The van der Waals surface area contributed by atoms with E-state index in [1.807, 2.05) is 30.3 Å². The molecule has 0 spiro atoms. The lowest BCUT2D eigenvalue weighted by molar-refractivity contribution is -0.250. The monoisotopic (exact) mass is 218 g/mol. The van der Waals surface area contributed by atoms with Gasteiger partial charge < -0.3 is 0 Å². The molecule has 0 atom stereocenters. The van der Waals surface area contributed by atoms with Crippen molar-refractivity contribution in [1.82, 2.24) is 0 Å². The van der Waals surface area contributed by atoms with Crippen LogP contribution in [0.1, 0.15) is 5.56 Å². The Morgan fingerprint density at radius 3 is 2.31 bits per heavy atom. The molecule has 0 radical (unpaired) electrons. The first kappa shape index (κ1) is 11.7. The molecule has 16 heavy (non-hydrogen) atoms. The molecule has 0 saturated heterocycles. The summed E-state index contributed by atoms with van der Waals surface area (Å²) in [6.07, 6.45) is 3.60. The van der Waals surface area contributed by atoms with Gasteiger partial charge in [-0.1, -0.05) is 36.9 Å². The molecular formula is C12H10O4. The third kappa shape index (κ3) is 4.23. The summed E-state index contributed by atoms with van der Waals surface area (Å²) in [4.78, 5) is 29.8. The zero-order valence-corrected chi connectivity index (χ0v) is 8.46. The number of hydrogen-bond donors (Lipinski definition) is 0. The number of carbonyl (C=O) groups is 2. The van der Waals surface area contributed by atoms with Gasteiger partial charge in [0.25, 0.3) is 0 Å². The van der Waals surface area contributed by atoms with Gasteiger partial charge in [-0.2, -0.15) is 0 Å². The molecule has 0 bridgehead atoms. The van der Waals surface area contributed by atoms with Gasteiger partial charge in [-0.05, 0) is 11.6 Å². The van der Waals surface area contributed by atoms with Gasteiger partial charge in [0, 0.05) is 12.2 Å². The summed E-state index contributed by atoms with van der Waals surface area (Å²) in [6.45, 7) is 3.15. The van der Waals surface area contributed by atoms with Crippen LogP contribution in [-0.2, 0) is 19.4 Å².